The molecule has 0 amide bonds. The van der Waals surface area contributed by atoms with Gasteiger partial charge in [-0.2, -0.15) is 0 Å². The zero-order valence-corrected chi connectivity index (χ0v) is 9.28. The van der Waals surface area contributed by atoms with Gasteiger partial charge in [-0.25, -0.2) is 0 Å². The predicted octanol–water partition coefficient (Wildman–Crippen LogP) is 3.71. The number of hydrogen-bond acceptors (Lipinski definition) is 0. The molecule has 0 spiro atoms. The summed E-state index contributed by atoms with van der Waals surface area (Å²) in [5.41, 5.74) is 0. The summed E-state index contributed by atoms with van der Waals surface area (Å²) >= 11 is 0. The maximum Gasteiger partial charge on any atom is -0.0321 e. The van der Waals surface area contributed by atoms with E-state index in [1.807, 2.05) is 0 Å². The van der Waals surface area contributed by atoms with Crippen LogP contribution in [0.2, 0.25) is 0 Å². The van der Waals surface area contributed by atoms with Crippen molar-refractivity contribution in [2.24, 2.45) is 41.4 Å². The van der Waals surface area contributed by atoms with Crippen molar-refractivity contribution in [3.8, 4) is 0 Å². The van der Waals surface area contributed by atoms with E-state index in [1.54, 1.807) is 38.5 Å². The molecule has 0 aromatic heterocycles. The third-order valence-corrected chi connectivity index (χ3v) is 6.15. The summed E-state index contributed by atoms with van der Waals surface area (Å²) < 4.78 is 0. The van der Waals surface area contributed by atoms with Crippen molar-refractivity contribution in [3.63, 3.8) is 0 Å². The molecular weight excluding hydrogens is 168 g/mol. The first-order valence-corrected chi connectivity index (χ1v) is 6.84. The molecular formula is C14H22. The van der Waals surface area contributed by atoms with Gasteiger partial charge in [0.2, 0.25) is 0 Å². The molecule has 0 heteroatoms. The topological polar surface area (TPSA) is 0 Å². The van der Waals surface area contributed by atoms with Crippen LogP contribution >= 0.6 is 0 Å². The zero-order valence-electron chi connectivity index (χ0n) is 9.28. The van der Waals surface area contributed by atoms with Crippen molar-refractivity contribution in [3.05, 3.63) is 0 Å². The van der Waals surface area contributed by atoms with Crippen LogP contribution in [0.4, 0.5) is 0 Å². The van der Waals surface area contributed by atoms with Gasteiger partial charge in [-0.15, -0.1) is 0 Å². The summed E-state index contributed by atoms with van der Waals surface area (Å²) in [6.07, 6.45) is 9.53. The summed E-state index contributed by atoms with van der Waals surface area (Å²) in [4.78, 5) is 0. The molecule has 0 aromatic rings. The minimum atomic E-state index is 1.05. The molecule has 4 rings (SSSR count). The molecule has 14 heavy (non-hydrogen) atoms. The van der Waals surface area contributed by atoms with E-state index in [2.05, 4.69) is 6.92 Å². The quantitative estimate of drug-likeness (QED) is 0.591. The highest BCUT2D eigenvalue weighted by molar-refractivity contribution is 5.12. The molecule has 78 valence electrons. The first kappa shape index (κ1) is 8.19. The molecule has 0 nitrogen and oxygen atoms in total. The van der Waals surface area contributed by atoms with Crippen molar-refractivity contribution in [2.75, 3.05) is 0 Å². The van der Waals surface area contributed by atoms with Crippen LogP contribution < -0.4 is 0 Å². The fourth-order valence-corrected chi connectivity index (χ4v) is 5.17. The Kier molecular flexibility index (Phi) is 1.50. The highest BCUT2D eigenvalue weighted by Crippen LogP contribution is 2.70. The Bertz CT molecular complexity index is 247. The number of rotatable bonds is 1. The van der Waals surface area contributed by atoms with Crippen LogP contribution in [-0.2, 0) is 0 Å². The van der Waals surface area contributed by atoms with E-state index in [1.165, 1.54) is 35.5 Å². The molecule has 4 saturated carbocycles. The lowest BCUT2D eigenvalue weighted by molar-refractivity contribution is -0.00610. The van der Waals surface area contributed by atoms with E-state index in [0.29, 0.717) is 0 Å². The molecule has 0 aliphatic heterocycles. The predicted molar refractivity (Wildman–Crippen MR) is 57.8 cm³/mol. The maximum absolute atomic E-state index is 2.46. The van der Waals surface area contributed by atoms with Gasteiger partial charge in [0, 0.05) is 0 Å². The summed E-state index contributed by atoms with van der Waals surface area (Å²) in [6.45, 7) is 2.46. The van der Waals surface area contributed by atoms with Gasteiger partial charge in [-0.1, -0.05) is 13.3 Å². The first-order chi connectivity index (χ1) is 6.84. The lowest BCUT2D eigenvalue weighted by Crippen LogP contribution is -2.42. The molecule has 0 N–H and O–H groups in total. The molecule has 6 unspecified atom stereocenters. The van der Waals surface area contributed by atoms with Gasteiger partial charge in [-0.3, -0.25) is 0 Å². The molecule has 0 aromatic carbocycles. The molecule has 0 bridgehead atoms. The Morgan fingerprint density at radius 1 is 0.714 bits per heavy atom. The fourth-order valence-electron chi connectivity index (χ4n) is 5.17. The van der Waals surface area contributed by atoms with Gasteiger partial charge >= 0.3 is 0 Å². The van der Waals surface area contributed by atoms with E-state index >= 15 is 0 Å². The van der Waals surface area contributed by atoms with Crippen LogP contribution in [0.15, 0.2) is 0 Å². The van der Waals surface area contributed by atoms with Crippen LogP contribution in [0.3, 0.4) is 0 Å². The smallest absolute Gasteiger partial charge is 0.0321 e. The summed E-state index contributed by atoms with van der Waals surface area (Å²) in [7, 11) is 0. The fraction of sp³-hybridized carbons (Fsp3) is 1.00. The second-order valence-electron chi connectivity index (χ2n) is 6.72. The Hall–Kier alpha value is 0. The highest BCUT2D eigenvalue weighted by atomic mass is 14.7. The van der Waals surface area contributed by atoms with Crippen LogP contribution in [0, 0.1) is 41.4 Å². The summed E-state index contributed by atoms with van der Waals surface area (Å²) in [6, 6.07) is 0. The Morgan fingerprint density at radius 2 is 1.43 bits per heavy atom. The summed E-state index contributed by atoms with van der Waals surface area (Å²) in [5, 5.41) is 0. The van der Waals surface area contributed by atoms with Crippen molar-refractivity contribution in [1.29, 1.82) is 0 Å². The van der Waals surface area contributed by atoms with Crippen LogP contribution in [0.25, 0.3) is 0 Å². The SMILES string of the molecule is CC1CCC2C(C1)CC2C1C2CCC21. The van der Waals surface area contributed by atoms with Crippen LogP contribution in [-0.4, -0.2) is 0 Å². The van der Waals surface area contributed by atoms with Crippen LogP contribution in [0.5, 0.6) is 0 Å². The average molecular weight is 190 g/mol. The molecule has 4 aliphatic carbocycles. The zero-order chi connectivity index (χ0) is 9.28. The molecule has 4 fully saturated rings. The van der Waals surface area contributed by atoms with Gasteiger partial charge < -0.3 is 0 Å². The minimum absolute atomic E-state index is 1.05. The standard InChI is InChI=1S/C14H22/c1-8-2-3-10-9(6-8)7-13(10)14-11-4-5-12(11)14/h8-14H,2-7H2,1H3. The Balaban J connectivity index is 1.43. The lowest BCUT2D eigenvalue weighted by atomic mass is 9.55. The maximum atomic E-state index is 2.46. The van der Waals surface area contributed by atoms with Gasteiger partial charge in [-0.05, 0) is 73.5 Å². The second-order valence-corrected chi connectivity index (χ2v) is 6.72. The monoisotopic (exact) mass is 190 g/mol. The van der Waals surface area contributed by atoms with E-state index < -0.39 is 0 Å². The Labute approximate surface area is 87.5 Å². The number of fused-ring (bicyclic) bond motifs is 2. The van der Waals surface area contributed by atoms with E-state index in [9.17, 15) is 0 Å². The second kappa shape index (κ2) is 2.57. The molecule has 0 heterocycles. The average Bonchev–Trinajstić information content (AvgIpc) is 2.57. The molecule has 0 radical (unpaired) electrons. The van der Waals surface area contributed by atoms with Gasteiger partial charge in [0.1, 0.15) is 0 Å². The molecule has 4 aliphatic rings. The highest BCUT2D eigenvalue weighted by Gasteiger charge is 2.63. The lowest BCUT2D eigenvalue weighted by Gasteiger charge is -2.50. The first-order valence-electron chi connectivity index (χ1n) is 6.84. The van der Waals surface area contributed by atoms with Gasteiger partial charge in [0.25, 0.3) is 0 Å². The molecule has 6 atom stereocenters. The van der Waals surface area contributed by atoms with Crippen molar-refractivity contribution >= 4 is 0 Å². The van der Waals surface area contributed by atoms with Gasteiger partial charge in [0.15, 0.2) is 0 Å². The van der Waals surface area contributed by atoms with Crippen molar-refractivity contribution < 1.29 is 0 Å². The van der Waals surface area contributed by atoms with Crippen LogP contribution in [0.1, 0.15) is 45.4 Å². The van der Waals surface area contributed by atoms with Crippen molar-refractivity contribution in [1.82, 2.24) is 0 Å². The Morgan fingerprint density at radius 3 is 2.07 bits per heavy atom. The summed E-state index contributed by atoms with van der Waals surface area (Å²) in [5.74, 6) is 8.34. The van der Waals surface area contributed by atoms with Gasteiger partial charge in [0.05, 0.1) is 0 Å². The van der Waals surface area contributed by atoms with E-state index in [0.717, 1.165) is 5.92 Å². The van der Waals surface area contributed by atoms with E-state index in [-0.39, 0.29) is 0 Å². The number of hydrogen-bond donors (Lipinski definition) is 0. The van der Waals surface area contributed by atoms with E-state index in [4.69, 9.17) is 0 Å². The molecule has 0 saturated heterocycles. The normalized spacial score (nSPS) is 64.5. The minimum Gasteiger partial charge on any atom is -0.0625 e. The largest absolute Gasteiger partial charge is 0.0625 e. The van der Waals surface area contributed by atoms with Crippen molar-refractivity contribution in [2.45, 2.75) is 45.4 Å². The third-order valence-electron chi connectivity index (χ3n) is 6.15. The third kappa shape index (κ3) is 0.907.